The van der Waals surface area contributed by atoms with Gasteiger partial charge in [-0.3, -0.25) is 19.4 Å². The molecular weight excluding hydrogens is 523 g/mol. The van der Waals surface area contributed by atoms with Crippen molar-refractivity contribution in [1.29, 1.82) is 0 Å². The van der Waals surface area contributed by atoms with Gasteiger partial charge in [-0.1, -0.05) is 36.5 Å². The number of halogens is 2. The third-order valence-corrected chi connectivity index (χ3v) is 8.06. The minimum absolute atomic E-state index is 0.138. The lowest BCUT2D eigenvalue weighted by Crippen LogP contribution is -2.57. The van der Waals surface area contributed by atoms with Gasteiger partial charge in [-0.15, -0.1) is 0 Å². The number of rotatable bonds is 6. The number of nitrogen functional groups attached to an aromatic ring is 2. The molecule has 4 N–H and O–H groups in total. The van der Waals surface area contributed by atoms with Gasteiger partial charge in [0.2, 0.25) is 0 Å². The molecule has 0 aromatic heterocycles. The minimum Gasteiger partial charge on any atom is -0.399 e. The number of anilines is 4. The van der Waals surface area contributed by atoms with E-state index in [1.54, 1.807) is 36.4 Å². The second-order valence-corrected chi connectivity index (χ2v) is 11.4. The molecule has 2 aromatic rings. The first-order valence-corrected chi connectivity index (χ1v) is 14.1. The van der Waals surface area contributed by atoms with Gasteiger partial charge in [0.15, 0.2) is 0 Å². The van der Waals surface area contributed by atoms with Gasteiger partial charge in [0.1, 0.15) is 0 Å². The van der Waals surface area contributed by atoms with E-state index in [1.165, 1.54) is 10.0 Å². The van der Waals surface area contributed by atoms with E-state index in [0.29, 0.717) is 28.7 Å². The Morgan fingerprint density at radius 2 is 1.42 bits per heavy atom. The van der Waals surface area contributed by atoms with Crippen LogP contribution in [0.4, 0.5) is 22.7 Å². The largest absolute Gasteiger partial charge is 0.399 e. The molecule has 2 aliphatic rings. The van der Waals surface area contributed by atoms with E-state index < -0.39 is 0 Å². The van der Waals surface area contributed by atoms with Gasteiger partial charge >= 0.3 is 0 Å². The van der Waals surface area contributed by atoms with Crippen LogP contribution in [0.5, 0.6) is 0 Å². The van der Waals surface area contributed by atoms with E-state index in [0.717, 1.165) is 51.7 Å². The summed E-state index contributed by atoms with van der Waals surface area (Å²) in [6.45, 7) is 7.05. The topological polar surface area (TPSA) is 99.1 Å². The molecule has 38 heavy (non-hydrogen) atoms. The number of hydrogen-bond acceptors (Lipinski definition) is 6. The highest BCUT2D eigenvalue weighted by Crippen LogP contribution is 2.36. The van der Waals surface area contributed by atoms with E-state index in [1.807, 2.05) is 0 Å². The Labute approximate surface area is 235 Å². The summed E-state index contributed by atoms with van der Waals surface area (Å²) in [5, 5.41) is 3.27. The Morgan fingerprint density at radius 1 is 0.842 bits per heavy atom. The molecule has 8 nitrogen and oxygen atoms in total. The van der Waals surface area contributed by atoms with Crippen molar-refractivity contribution in [3.05, 3.63) is 46.4 Å². The predicted octanol–water partition coefficient (Wildman–Crippen LogP) is 5.05. The van der Waals surface area contributed by atoms with Crippen molar-refractivity contribution in [2.45, 2.75) is 52.0 Å². The van der Waals surface area contributed by atoms with Gasteiger partial charge in [-0.2, -0.15) is 0 Å². The summed E-state index contributed by atoms with van der Waals surface area (Å²) in [4.78, 5) is 32.6. The fourth-order valence-electron chi connectivity index (χ4n) is 5.42. The van der Waals surface area contributed by atoms with Crippen LogP contribution in [0.1, 0.15) is 46.0 Å². The van der Waals surface area contributed by atoms with Crippen molar-refractivity contribution in [2.75, 3.05) is 54.2 Å². The Morgan fingerprint density at radius 3 is 1.95 bits per heavy atom. The second kappa shape index (κ2) is 12.6. The highest BCUT2D eigenvalue weighted by molar-refractivity contribution is 6.35. The zero-order valence-electron chi connectivity index (χ0n) is 22.2. The van der Waals surface area contributed by atoms with Crippen LogP contribution in [0.25, 0.3) is 0 Å². The molecule has 2 aliphatic heterocycles. The molecule has 206 valence electrons. The summed E-state index contributed by atoms with van der Waals surface area (Å²) < 4.78 is 0. The number of benzene rings is 2. The summed E-state index contributed by atoms with van der Waals surface area (Å²) in [6, 6.07) is 10.1. The SMILES string of the molecule is CC1CCCN(CC(=O)N(c2ccc(N)cc2Cl)N(C(=O)CN2CCCCC2C)c2ccc(N)cc2Cl)C1. The van der Waals surface area contributed by atoms with Gasteiger partial charge in [-0.05, 0) is 88.0 Å². The van der Waals surface area contributed by atoms with Crippen molar-refractivity contribution in [3.8, 4) is 0 Å². The molecule has 0 bridgehead atoms. The summed E-state index contributed by atoms with van der Waals surface area (Å²) in [5.41, 5.74) is 13.6. The predicted molar refractivity (Wildman–Crippen MR) is 156 cm³/mol. The van der Waals surface area contributed by atoms with Crippen molar-refractivity contribution in [1.82, 2.24) is 9.80 Å². The van der Waals surface area contributed by atoms with Crippen molar-refractivity contribution < 1.29 is 9.59 Å². The number of nitrogens with two attached hydrogens (primary N) is 2. The molecule has 2 saturated heterocycles. The number of hydrogen-bond donors (Lipinski definition) is 2. The third kappa shape index (κ3) is 6.72. The monoisotopic (exact) mass is 560 g/mol. The number of carbonyl (C=O) groups is 2. The van der Waals surface area contributed by atoms with Crippen LogP contribution >= 0.6 is 23.2 Å². The van der Waals surface area contributed by atoms with Crippen LogP contribution in [-0.4, -0.2) is 60.4 Å². The van der Waals surface area contributed by atoms with Gasteiger partial charge in [0, 0.05) is 24.0 Å². The van der Waals surface area contributed by atoms with Gasteiger partial charge in [0.05, 0.1) is 34.5 Å². The normalized spacial score (nSPS) is 20.7. The summed E-state index contributed by atoms with van der Waals surface area (Å²) in [6.07, 6.45) is 5.35. The highest BCUT2D eigenvalue weighted by atomic mass is 35.5. The number of amides is 2. The fourth-order valence-corrected chi connectivity index (χ4v) is 5.96. The molecule has 0 aliphatic carbocycles. The van der Waals surface area contributed by atoms with E-state index in [4.69, 9.17) is 34.7 Å². The maximum absolute atomic E-state index is 14.2. The molecule has 2 fully saturated rings. The molecule has 2 atom stereocenters. The van der Waals surface area contributed by atoms with E-state index in [-0.39, 0.29) is 41.0 Å². The van der Waals surface area contributed by atoms with Gasteiger partial charge < -0.3 is 11.5 Å². The standard InChI is InChI=1S/C28H38Cl2N6O2/c1-19-6-5-12-33(16-19)17-27(37)35(25-10-8-21(31)14-23(25)29)36(26-11-9-22(32)15-24(26)30)28(38)18-34-13-4-3-7-20(34)2/h8-11,14-15,19-20H,3-7,12-13,16-18,31-32H2,1-2H3. The van der Waals surface area contributed by atoms with Crippen LogP contribution < -0.4 is 21.5 Å². The minimum atomic E-state index is -0.279. The molecule has 2 heterocycles. The zero-order valence-corrected chi connectivity index (χ0v) is 23.7. The fraction of sp³-hybridized carbons (Fsp3) is 0.500. The van der Waals surface area contributed by atoms with Crippen molar-refractivity contribution >= 4 is 57.8 Å². The number of likely N-dealkylation sites (tertiary alicyclic amines) is 2. The average molecular weight is 562 g/mol. The van der Waals surface area contributed by atoms with Crippen molar-refractivity contribution in [3.63, 3.8) is 0 Å². The second-order valence-electron chi connectivity index (χ2n) is 10.6. The van der Waals surface area contributed by atoms with Crippen LogP contribution in [-0.2, 0) is 9.59 Å². The Kier molecular flexibility index (Phi) is 9.41. The number of carbonyl (C=O) groups excluding carboxylic acids is 2. The molecule has 2 unspecified atom stereocenters. The molecular formula is C28H38Cl2N6O2. The zero-order chi connectivity index (χ0) is 27.4. The number of hydrazine groups is 1. The maximum Gasteiger partial charge on any atom is 0.260 e. The van der Waals surface area contributed by atoms with Gasteiger partial charge in [0.25, 0.3) is 11.8 Å². The van der Waals surface area contributed by atoms with E-state index in [9.17, 15) is 9.59 Å². The maximum atomic E-state index is 14.2. The average Bonchev–Trinajstić information content (AvgIpc) is 2.85. The highest BCUT2D eigenvalue weighted by Gasteiger charge is 2.35. The number of nitrogens with zero attached hydrogens (tertiary/aromatic N) is 4. The van der Waals surface area contributed by atoms with E-state index in [2.05, 4.69) is 23.6 Å². The molecule has 4 rings (SSSR count). The van der Waals surface area contributed by atoms with Crippen LogP contribution in [0.15, 0.2) is 36.4 Å². The molecule has 0 spiro atoms. The molecule has 0 radical (unpaired) electrons. The Bertz CT molecular complexity index is 1160. The number of piperidine rings is 2. The molecule has 10 heteroatoms. The first-order valence-electron chi connectivity index (χ1n) is 13.4. The Balaban J connectivity index is 1.78. The third-order valence-electron chi connectivity index (χ3n) is 7.45. The van der Waals surface area contributed by atoms with Gasteiger partial charge in [-0.25, -0.2) is 10.0 Å². The van der Waals surface area contributed by atoms with Crippen LogP contribution in [0, 0.1) is 5.92 Å². The lowest BCUT2D eigenvalue weighted by molar-refractivity contribution is -0.125. The van der Waals surface area contributed by atoms with Crippen LogP contribution in [0.3, 0.4) is 0 Å². The van der Waals surface area contributed by atoms with E-state index >= 15 is 0 Å². The molecule has 0 saturated carbocycles. The molecule has 2 aromatic carbocycles. The van der Waals surface area contributed by atoms with Crippen molar-refractivity contribution in [2.24, 2.45) is 5.92 Å². The summed E-state index contributed by atoms with van der Waals surface area (Å²) in [7, 11) is 0. The van der Waals surface area contributed by atoms with Crippen LogP contribution in [0.2, 0.25) is 10.0 Å². The first kappa shape index (κ1) is 28.5. The molecule has 2 amide bonds. The summed E-state index contributed by atoms with van der Waals surface area (Å²) in [5.74, 6) is -0.0626. The Hall–Kier alpha value is -2.52. The lowest BCUT2D eigenvalue weighted by atomic mass is 10.0. The summed E-state index contributed by atoms with van der Waals surface area (Å²) >= 11 is 13.3. The smallest absolute Gasteiger partial charge is 0.260 e. The first-order chi connectivity index (χ1) is 18.1. The lowest BCUT2D eigenvalue weighted by Gasteiger charge is -2.40. The quantitative estimate of drug-likeness (QED) is 0.379.